The van der Waals surface area contributed by atoms with Crippen molar-refractivity contribution in [2.24, 2.45) is 4.99 Å². The smallest absolute Gasteiger partial charge is 0.266 e. The Morgan fingerprint density at radius 2 is 1.59 bits per heavy atom. The van der Waals surface area contributed by atoms with Gasteiger partial charge in [-0.15, -0.1) is 0 Å². The second-order valence-electron chi connectivity index (χ2n) is 6.23. The van der Waals surface area contributed by atoms with Gasteiger partial charge in [0.15, 0.2) is 0 Å². The van der Waals surface area contributed by atoms with Gasteiger partial charge in [0, 0.05) is 22.4 Å². The van der Waals surface area contributed by atoms with Crippen LogP contribution >= 0.6 is 15.9 Å². The van der Waals surface area contributed by atoms with E-state index in [1.807, 2.05) is 67.6 Å². The Balaban J connectivity index is 1.82. The van der Waals surface area contributed by atoms with Crippen molar-refractivity contribution in [3.63, 3.8) is 0 Å². The van der Waals surface area contributed by atoms with Crippen LogP contribution in [0.1, 0.15) is 16.7 Å². The number of hydrogen-bond acceptors (Lipinski definition) is 3. The number of benzene rings is 2. The summed E-state index contributed by atoms with van der Waals surface area (Å²) in [5.41, 5.74) is 4.12. The van der Waals surface area contributed by atoms with E-state index < -0.39 is 0 Å². The third-order valence-electron chi connectivity index (χ3n) is 4.26. The number of halogens is 1. The second kappa shape index (κ2) is 7.29. The highest BCUT2D eigenvalue weighted by Crippen LogP contribution is 2.29. The predicted molar refractivity (Wildman–Crippen MR) is 112 cm³/mol. The first kappa shape index (κ1) is 17.4. The summed E-state index contributed by atoms with van der Waals surface area (Å²) in [4.78, 5) is 23.5. The van der Waals surface area contributed by atoms with Gasteiger partial charge in [-0.25, -0.2) is 4.99 Å². The molecule has 5 heteroatoms. The molecule has 132 valence electrons. The maximum atomic E-state index is 13.2. The van der Waals surface area contributed by atoms with Crippen molar-refractivity contribution in [3.05, 3.63) is 99.9 Å². The number of aliphatic imine (C=N–C) groups is 1. The van der Waals surface area contributed by atoms with Gasteiger partial charge in [0.25, 0.3) is 5.91 Å². The van der Waals surface area contributed by atoms with Gasteiger partial charge < -0.3 is 0 Å². The lowest BCUT2D eigenvalue weighted by molar-refractivity contribution is -0.113. The Morgan fingerprint density at radius 3 is 2.26 bits per heavy atom. The molecule has 4 nitrogen and oxygen atoms in total. The van der Waals surface area contributed by atoms with E-state index in [1.165, 1.54) is 0 Å². The minimum absolute atomic E-state index is 0.148. The molecule has 1 amide bonds. The van der Waals surface area contributed by atoms with Crippen LogP contribution in [0.3, 0.4) is 0 Å². The number of hydrogen-bond donors (Lipinski definition) is 0. The Labute approximate surface area is 166 Å². The van der Waals surface area contributed by atoms with E-state index in [2.05, 4.69) is 25.9 Å². The quantitative estimate of drug-likeness (QED) is 0.563. The first-order chi connectivity index (χ1) is 13.1. The van der Waals surface area contributed by atoms with Crippen LogP contribution in [0, 0.1) is 6.92 Å². The van der Waals surface area contributed by atoms with Gasteiger partial charge in [-0.1, -0.05) is 45.8 Å². The lowest BCUT2D eigenvalue weighted by atomic mass is 10.1. The van der Waals surface area contributed by atoms with Gasteiger partial charge in [-0.2, -0.15) is 0 Å². The standard InChI is InChI=1S/C22H16BrN3O/c1-15-2-4-17(5-3-15)21-25-20(14-16-10-12-24-13-11-16)22(27)26(21)19-8-6-18(23)7-9-19/h2-14H,1H3/b20-14+. The number of amides is 1. The van der Waals surface area contributed by atoms with E-state index in [0.717, 1.165) is 26.9 Å². The molecule has 1 aromatic heterocycles. The summed E-state index contributed by atoms with van der Waals surface area (Å²) in [5.74, 6) is 0.479. The molecule has 0 N–H and O–H groups in total. The van der Waals surface area contributed by atoms with Crippen LogP contribution < -0.4 is 4.90 Å². The van der Waals surface area contributed by atoms with Crippen molar-refractivity contribution < 1.29 is 4.79 Å². The molecular weight excluding hydrogens is 402 g/mol. The van der Waals surface area contributed by atoms with E-state index in [9.17, 15) is 4.79 Å². The van der Waals surface area contributed by atoms with Crippen LogP contribution in [0.5, 0.6) is 0 Å². The van der Waals surface area contributed by atoms with Crippen molar-refractivity contribution in [1.82, 2.24) is 4.98 Å². The van der Waals surface area contributed by atoms with Gasteiger partial charge in [-0.05, 0) is 55.0 Å². The number of amidine groups is 1. The fourth-order valence-electron chi connectivity index (χ4n) is 2.86. The maximum Gasteiger partial charge on any atom is 0.282 e. The zero-order valence-electron chi connectivity index (χ0n) is 14.6. The summed E-state index contributed by atoms with van der Waals surface area (Å²) in [6.07, 6.45) is 5.18. The highest BCUT2D eigenvalue weighted by Gasteiger charge is 2.32. The molecule has 0 spiro atoms. The summed E-state index contributed by atoms with van der Waals surface area (Å²) >= 11 is 3.44. The molecule has 0 atom stereocenters. The van der Waals surface area contributed by atoms with Crippen molar-refractivity contribution in [1.29, 1.82) is 0 Å². The fourth-order valence-corrected chi connectivity index (χ4v) is 3.12. The minimum atomic E-state index is -0.148. The first-order valence-electron chi connectivity index (χ1n) is 8.49. The highest BCUT2D eigenvalue weighted by atomic mass is 79.9. The normalized spacial score (nSPS) is 15.3. The van der Waals surface area contributed by atoms with Gasteiger partial charge in [0.05, 0.1) is 5.69 Å². The Kier molecular flexibility index (Phi) is 4.69. The lowest BCUT2D eigenvalue weighted by Gasteiger charge is -2.18. The number of carbonyl (C=O) groups excluding carboxylic acids is 1. The maximum absolute atomic E-state index is 13.2. The van der Waals surface area contributed by atoms with E-state index >= 15 is 0 Å². The van der Waals surface area contributed by atoms with Gasteiger partial charge in [0.2, 0.25) is 0 Å². The van der Waals surface area contributed by atoms with Crippen molar-refractivity contribution >= 4 is 39.4 Å². The molecule has 3 aromatic rings. The monoisotopic (exact) mass is 417 g/mol. The molecule has 1 aliphatic rings. The summed E-state index contributed by atoms with van der Waals surface area (Å²) in [6, 6.07) is 19.4. The molecular formula is C22H16BrN3O. The summed E-state index contributed by atoms with van der Waals surface area (Å²) in [7, 11) is 0. The average molecular weight is 418 g/mol. The van der Waals surface area contributed by atoms with E-state index in [-0.39, 0.29) is 5.91 Å². The van der Waals surface area contributed by atoms with Crippen LogP contribution in [0.15, 0.2) is 88.2 Å². The molecule has 0 unspecified atom stereocenters. The SMILES string of the molecule is Cc1ccc(C2=N/C(=C/c3ccncc3)C(=O)N2c2ccc(Br)cc2)cc1. The molecule has 27 heavy (non-hydrogen) atoms. The molecule has 0 saturated carbocycles. The van der Waals surface area contributed by atoms with Crippen molar-refractivity contribution in [2.75, 3.05) is 4.90 Å². The number of nitrogens with zero attached hydrogens (tertiary/aromatic N) is 3. The number of aromatic nitrogens is 1. The topological polar surface area (TPSA) is 45.6 Å². The molecule has 2 aromatic carbocycles. The number of anilines is 1. The Morgan fingerprint density at radius 1 is 0.926 bits per heavy atom. The van der Waals surface area contributed by atoms with Crippen LogP contribution in [0.4, 0.5) is 5.69 Å². The van der Waals surface area contributed by atoms with Crippen LogP contribution in [-0.2, 0) is 4.79 Å². The summed E-state index contributed by atoms with van der Waals surface area (Å²) < 4.78 is 0.958. The Bertz CT molecular complexity index is 1040. The molecule has 4 rings (SSSR count). The molecule has 0 radical (unpaired) electrons. The number of carbonyl (C=O) groups is 1. The van der Waals surface area contributed by atoms with E-state index in [1.54, 1.807) is 23.4 Å². The minimum Gasteiger partial charge on any atom is -0.266 e. The fraction of sp³-hybridized carbons (Fsp3) is 0.0455. The zero-order valence-corrected chi connectivity index (χ0v) is 16.2. The van der Waals surface area contributed by atoms with E-state index in [0.29, 0.717) is 11.5 Å². The summed E-state index contributed by atoms with van der Waals surface area (Å²) in [6.45, 7) is 2.03. The van der Waals surface area contributed by atoms with Crippen LogP contribution in [0.25, 0.3) is 6.08 Å². The number of aryl methyl sites for hydroxylation is 1. The van der Waals surface area contributed by atoms with E-state index in [4.69, 9.17) is 0 Å². The lowest BCUT2D eigenvalue weighted by Crippen LogP contribution is -2.32. The van der Waals surface area contributed by atoms with Gasteiger partial charge in [-0.3, -0.25) is 14.7 Å². The van der Waals surface area contributed by atoms with Crippen LogP contribution in [-0.4, -0.2) is 16.7 Å². The highest BCUT2D eigenvalue weighted by molar-refractivity contribution is 9.10. The molecule has 1 aliphatic heterocycles. The van der Waals surface area contributed by atoms with Gasteiger partial charge >= 0.3 is 0 Å². The third kappa shape index (κ3) is 3.59. The average Bonchev–Trinajstić information content (AvgIpc) is 3.00. The Hall–Kier alpha value is -3.05. The summed E-state index contributed by atoms with van der Waals surface area (Å²) in [5, 5.41) is 0. The van der Waals surface area contributed by atoms with Gasteiger partial charge in [0.1, 0.15) is 11.5 Å². The second-order valence-corrected chi connectivity index (χ2v) is 7.14. The molecule has 0 saturated heterocycles. The molecule has 0 bridgehead atoms. The third-order valence-corrected chi connectivity index (χ3v) is 4.79. The molecule has 0 aliphatic carbocycles. The number of rotatable bonds is 3. The molecule has 2 heterocycles. The number of pyridine rings is 1. The van der Waals surface area contributed by atoms with Crippen molar-refractivity contribution in [3.8, 4) is 0 Å². The predicted octanol–water partition coefficient (Wildman–Crippen LogP) is 4.99. The van der Waals surface area contributed by atoms with Crippen LogP contribution in [0.2, 0.25) is 0 Å². The zero-order chi connectivity index (χ0) is 18.8. The first-order valence-corrected chi connectivity index (χ1v) is 9.28. The largest absolute Gasteiger partial charge is 0.282 e. The van der Waals surface area contributed by atoms with Crippen molar-refractivity contribution in [2.45, 2.75) is 6.92 Å². The molecule has 0 fully saturated rings.